The molecule has 3 N–H and O–H groups in total. The van der Waals surface area contributed by atoms with Crippen LogP contribution < -0.4 is 10.6 Å². The first-order valence-corrected chi connectivity index (χ1v) is 7.91. The van der Waals surface area contributed by atoms with Crippen LogP contribution in [-0.4, -0.2) is 46.3 Å². The van der Waals surface area contributed by atoms with Gasteiger partial charge in [0.1, 0.15) is 5.56 Å². The third-order valence-corrected chi connectivity index (χ3v) is 3.91. The molecule has 2 aromatic heterocycles. The van der Waals surface area contributed by atoms with Crippen LogP contribution in [0.2, 0.25) is 0 Å². The quantitative estimate of drug-likeness (QED) is 0.789. The molecule has 3 rings (SSSR count). The third kappa shape index (κ3) is 4.29. The number of H-pyrrole nitrogens is 1. The molecule has 1 saturated heterocycles. The van der Waals surface area contributed by atoms with Gasteiger partial charge in [0.2, 0.25) is 5.95 Å². The minimum atomic E-state index is -4.53. The summed E-state index contributed by atoms with van der Waals surface area (Å²) in [4.78, 5) is 10.7. The van der Waals surface area contributed by atoms with Gasteiger partial charge < -0.3 is 20.4 Å². The van der Waals surface area contributed by atoms with Crippen molar-refractivity contribution >= 4 is 5.95 Å². The highest BCUT2D eigenvalue weighted by Crippen LogP contribution is 2.35. The van der Waals surface area contributed by atoms with E-state index in [4.69, 9.17) is 4.74 Å². The van der Waals surface area contributed by atoms with Crippen molar-refractivity contribution in [1.82, 2.24) is 20.3 Å². The average molecular weight is 355 g/mol. The van der Waals surface area contributed by atoms with E-state index in [1.807, 2.05) is 13.8 Å². The molecule has 1 unspecified atom stereocenters. The van der Waals surface area contributed by atoms with Crippen LogP contribution in [0.5, 0.6) is 0 Å². The number of rotatable bonds is 3. The van der Waals surface area contributed by atoms with E-state index in [-0.39, 0.29) is 23.2 Å². The van der Waals surface area contributed by atoms with Gasteiger partial charge in [-0.1, -0.05) is 0 Å². The topological polar surface area (TPSA) is 74.9 Å². The van der Waals surface area contributed by atoms with E-state index < -0.39 is 11.7 Å². The van der Waals surface area contributed by atoms with E-state index in [0.29, 0.717) is 25.3 Å². The summed E-state index contributed by atoms with van der Waals surface area (Å²) >= 11 is 0. The van der Waals surface area contributed by atoms with Crippen molar-refractivity contribution in [3.05, 3.63) is 30.2 Å². The number of hydrogen-bond donors (Lipinski definition) is 3. The zero-order valence-corrected chi connectivity index (χ0v) is 13.9. The first-order chi connectivity index (χ1) is 11.7. The maximum absolute atomic E-state index is 13.2. The molecule has 2 aromatic rings. The van der Waals surface area contributed by atoms with Gasteiger partial charge in [-0.25, -0.2) is 9.97 Å². The summed E-state index contributed by atoms with van der Waals surface area (Å²) in [5.74, 6) is 0.138. The van der Waals surface area contributed by atoms with E-state index in [1.165, 1.54) is 6.20 Å². The van der Waals surface area contributed by atoms with Gasteiger partial charge in [0, 0.05) is 36.2 Å². The summed E-state index contributed by atoms with van der Waals surface area (Å²) in [6.45, 7) is 5.60. The normalized spacial score (nSPS) is 20.9. The van der Waals surface area contributed by atoms with Gasteiger partial charge in [0.05, 0.1) is 24.9 Å². The number of aromatic amines is 1. The number of aromatic nitrogens is 3. The summed E-state index contributed by atoms with van der Waals surface area (Å²) < 4.78 is 45.3. The SMILES string of the molecule is CC1(C)COCC(Nc2ncc(C(F)(F)F)c(-c3cc[nH]c3)n2)CN1. The fraction of sp³-hybridized carbons (Fsp3) is 0.500. The number of nitrogens with zero attached hydrogens (tertiary/aromatic N) is 2. The largest absolute Gasteiger partial charge is 0.419 e. The lowest BCUT2D eigenvalue weighted by molar-refractivity contribution is -0.137. The molecule has 1 aliphatic rings. The third-order valence-electron chi connectivity index (χ3n) is 3.91. The molecule has 3 heterocycles. The molecule has 1 atom stereocenters. The number of ether oxygens (including phenoxy) is 1. The zero-order valence-electron chi connectivity index (χ0n) is 13.9. The summed E-state index contributed by atoms with van der Waals surface area (Å²) in [6, 6.07) is 1.40. The number of hydrogen-bond acceptors (Lipinski definition) is 5. The van der Waals surface area contributed by atoms with E-state index in [2.05, 4.69) is 25.6 Å². The van der Waals surface area contributed by atoms with Crippen molar-refractivity contribution in [1.29, 1.82) is 0 Å². The van der Waals surface area contributed by atoms with E-state index in [9.17, 15) is 13.2 Å². The molecule has 25 heavy (non-hydrogen) atoms. The van der Waals surface area contributed by atoms with Crippen LogP contribution in [0.15, 0.2) is 24.7 Å². The molecule has 9 heteroatoms. The Kier molecular flexibility index (Phi) is 4.70. The van der Waals surface area contributed by atoms with Crippen molar-refractivity contribution in [2.75, 3.05) is 25.1 Å². The second kappa shape index (κ2) is 6.64. The van der Waals surface area contributed by atoms with E-state index >= 15 is 0 Å². The molecule has 6 nitrogen and oxygen atoms in total. The van der Waals surface area contributed by atoms with Gasteiger partial charge in [-0.15, -0.1) is 0 Å². The molecule has 136 valence electrons. The summed E-state index contributed by atoms with van der Waals surface area (Å²) in [6.07, 6.45) is -0.690. The lowest BCUT2D eigenvalue weighted by Gasteiger charge is -2.23. The Morgan fingerprint density at radius 2 is 2.16 bits per heavy atom. The van der Waals surface area contributed by atoms with Crippen LogP contribution in [0.1, 0.15) is 19.4 Å². The molecule has 0 aromatic carbocycles. The predicted octanol–water partition coefficient (Wildman–Crippen LogP) is 2.67. The van der Waals surface area contributed by atoms with Crippen LogP contribution >= 0.6 is 0 Å². The second-order valence-corrected chi connectivity index (χ2v) is 6.67. The van der Waals surface area contributed by atoms with Crippen molar-refractivity contribution in [2.45, 2.75) is 31.6 Å². The average Bonchev–Trinajstić information content (AvgIpc) is 3.00. The molecular formula is C16H20F3N5O. The molecule has 0 radical (unpaired) electrons. The Labute approximate surface area is 143 Å². The number of anilines is 1. The number of halogens is 3. The van der Waals surface area contributed by atoms with Gasteiger partial charge >= 0.3 is 6.18 Å². The van der Waals surface area contributed by atoms with Crippen LogP contribution in [0.3, 0.4) is 0 Å². The minimum Gasteiger partial charge on any atom is -0.377 e. The summed E-state index contributed by atoms with van der Waals surface area (Å²) in [5.41, 5.74) is -0.828. The maximum Gasteiger partial charge on any atom is 0.419 e. The predicted molar refractivity (Wildman–Crippen MR) is 87.1 cm³/mol. The fourth-order valence-corrected chi connectivity index (χ4v) is 2.59. The fourth-order valence-electron chi connectivity index (χ4n) is 2.59. The molecule has 0 amide bonds. The Bertz CT molecular complexity index is 715. The Balaban J connectivity index is 1.84. The number of nitrogens with one attached hydrogen (secondary N) is 3. The molecule has 1 fully saturated rings. The van der Waals surface area contributed by atoms with Gasteiger partial charge in [-0.3, -0.25) is 0 Å². The zero-order chi connectivity index (χ0) is 18.1. The second-order valence-electron chi connectivity index (χ2n) is 6.67. The highest BCUT2D eigenvalue weighted by molar-refractivity contribution is 5.64. The summed E-state index contributed by atoms with van der Waals surface area (Å²) in [5, 5.41) is 6.39. The molecule has 0 spiro atoms. The van der Waals surface area contributed by atoms with Gasteiger partial charge in [0.25, 0.3) is 0 Å². The molecular weight excluding hydrogens is 335 g/mol. The van der Waals surface area contributed by atoms with Crippen molar-refractivity contribution in [2.24, 2.45) is 0 Å². The van der Waals surface area contributed by atoms with Gasteiger partial charge in [-0.2, -0.15) is 13.2 Å². The van der Waals surface area contributed by atoms with Crippen LogP contribution in [-0.2, 0) is 10.9 Å². The first-order valence-electron chi connectivity index (χ1n) is 7.91. The Hall–Kier alpha value is -2.13. The Morgan fingerprint density at radius 1 is 1.36 bits per heavy atom. The van der Waals surface area contributed by atoms with Crippen LogP contribution in [0.25, 0.3) is 11.3 Å². The van der Waals surface area contributed by atoms with Gasteiger partial charge in [-0.05, 0) is 19.9 Å². The highest BCUT2D eigenvalue weighted by atomic mass is 19.4. The molecule has 0 bridgehead atoms. The van der Waals surface area contributed by atoms with E-state index in [1.54, 1.807) is 12.3 Å². The standard InChI is InChI=1S/C16H20F3N5O/c1-15(2)9-25-8-11(6-22-15)23-14-21-7-12(16(17,18)19)13(24-14)10-3-4-20-5-10/h3-5,7,11,20,22H,6,8-9H2,1-2H3,(H,21,23,24). The summed E-state index contributed by atoms with van der Waals surface area (Å²) in [7, 11) is 0. The van der Waals surface area contributed by atoms with Crippen LogP contribution in [0, 0.1) is 0 Å². The van der Waals surface area contributed by atoms with E-state index in [0.717, 1.165) is 6.20 Å². The molecule has 0 aliphatic carbocycles. The van der Waals surface area contributed by atoms with Crippen LogP contribution in [0.4, 0.5) is 19.1 Å². The maximum atomic E-state index is 13.2. The first kappa shape index (κ1) is 17.7. The van der Waals surface area contributed by atoms with Crippen molar-refractivity contribution in [3.63, 3.8) is 0 Å². The van der Waals surface area contributed by atoms with Crippen molar-refractivity contribution in [3.8, 4) is 11.3 Å². The number of alkyl halides is 3. The van der Waals surface area contributed by atoms with Crippen molar-refractivity contribution < 1.29 is 17.9 Å². The molecule has 0 saturated carbocycles. The van der Waals surface area contributed by atoms with Gasteiger partial charge in [0.15, 0.2) is 0 Å². The highest BCUT2D eigenvalue weighted by Gasteiger charge is 2.35. The lowest BCUT2D eigenvalue weighted by Crippen LogP contribution is -2.45. The smallest absolute Gasteiger partial charge is 0.377 e. The lowest BCUT2D eigenvalue weighted by atomic mass is 10.1. The minimum absolute atomic E-state index is 0.138. The Morgan fingerprint density at radius 3 is 2.84 bits per heavy atom. The molecule has 1 aliphatic heterocycles. The monoisotopic (exact) mass is 355 g/mol.